The van der Waals surface area contributed by atoms with Crippen molar-refractivity contribution in [2.24, 2.45) is 0 Å². The zero-order valence-electron chi connectivity index (χ0n) is 13.6. The Bertz CT molecular complexity index is 578. The molecule has 2 aromatic rings. The van der Waals surface area contributed by atoms with Gasteiger partial charge in [0, 0.05) is 13.0 Å². The van der Waals surface area contributed by atoms with Crippen LogP contribution in [0.1, 0.15) is 25.5 Å². The average Bonchev–Trinajstić information content (AvgIpc) is 3.10. The van der Waals surface area contributed by atoms with Gasteiger partial charge < -0.3 is 19.2 Å². The molecule has 1 atom stereocenters. The highest BCUT2D eigenvalue weighted by molar-refractivity contribution is 5.81. The lowest BCUT2D eigenvalue weighted by molar-refractivity contribution is -0.128. The van der Waals surface area contributed by atoms with Crippen LogP contribution in [0.2, 0.25) is 0 Å². The van der Waals surface area contributed by atoms with Gasteiger partial charge in [-0.25, -0.2) is 0 Å². The zero-order valence-corrected chi connectivity index (χ0v) is 13.6. The minimum atomic E-state index is -0.494. The monoisotopic (exact) mass is 317 g/mol. The smallest absolute Gasteiger partial charge is 0.261 e. The maximum Gasteiger partial charge on any atom is 0.261 e. The number of hydrogen-bond acceptors (Lipinski definition) is 4. The molecule has 1 amide bonds. The van der Waals surface area contributed by atoms with Crippen LogP contribution in [0.4, 0.5) is 0 Å². The number of benzene rings is 1. The van der Waals surface area contributed by atoms with Crippen molar-refractivity contribution in [3.8, 4) is 11.5 Å². The topological polar surface area (TPSA) is 60.7 Å². The molecule has 124 valence electrons. The van der Waals surface area contributed by atoms with Gasteiger partial charge in [-0.1, -0.05) is 6.92 Å². The summed E-state index contributed by atoms with van der Waals surface area (Å²) in [6.07, 6.45) is 3.41. The molecule has 5 heteroatoms. The van der Waals surface area contributed by atoms with Crippen LogP contribution in [0.15, 0.2) is 47.1 Å². The highest BCUT2D eigenvalue weighted by Crippen LogP contribution is 2.19. The lowest BCUT2D eigenvalue weighted by Crippen LogP contribution is -2.38. The van der Waals surface area contributed by atoms with Crippen molar-refractivity contribution >= 4 is 5.91 Å². The number of carbonyl (C=O) groups excluding carboxylic acids is 1. The van der Waals surface area contributed by atoms with Crippen LogP contribution in [-0.4, -0.2) is 25.7 Å². The Balaban J connectivity index is 1.75. The van der Waals surface area contributed by atoms with Gasteiger partial charge in [-0.05, 0) is 49.2 Å². The third kappa shape index (κ3) is 5.36. The predicted molar refractivity (Wildman–Crippen MR) is 87.7 cm³/mol. The van der Waals surface area contributed by atoms with Gasteiger partial charge in [0.15, 0.2) is 6.10 Å². The maximum absolute atomic E-state index is 12.2. The molecule has 0 aliphatic carbocycles. The SMILES string of the molecule is CCC(Oc1ccc(OC)cc1)C(=O)NCCCc1ccco1. The molecule has 1 aromatic carbocycles. The predicted octanol–water partition coefficient (Wildman–Crippen LogP) is 3.19. The lowest BCUT2D eigenvalue weighted by atomic mass is 10.2. The number of methoxy groups -OCH3 is 1. The number of hydrogen-bond donors (Lipinski definition) is 1. The Kier molecular flexibility index (Phi) is 6.54. The van der Waals surface area contributed by atoms with E-state index in [1.54, 1.807) is 25.5 Å². The molecule has 0 bridgehead atoms. The van der Waals surface area contributed by atoms with E-state index in [1.165, 1.54) is 0 Å². The van der Waals surface area contributed by atoms with Gasteiger partial charge in [0.05, 0.1) is 13.4 Å². The molecule has 23 heavy (non-hydrogen) atoms. The molecule has 0 spiro atoms. The van der Waals surface area contributed by atoms with Crippen LogP contribution < -0.4 is 14.8 Å². The number of rotatable bonds is 9. The Hall–Kier alpha value is -2.43. The molecule has 0 radical (unpaired) electrons. The molecule has 0 aliphatic rings. The molecule has 5 nitrogen and oxygen atoms in total. The first-order chi connectivity index (χ1) is 11.2. The van der Waals surface area contributed by atoms with Gasteiger partial charge in [0.1, 0.15) is 17.3 Å². The van der Waals surface area contributed by atoms with Crippen molar-refractivity contribution < 1.29 is 18.7 Å². The van der Waals surface area contributed by atoms with Crippen molar-refractivity contribution in [3.05, 3.63) is 48.4 Å². The molecule has 1 aromatic heterocycles. The first-order valence-electron chi connectivity index (χ1n) is 7.83. The minimum Gasteiger partial charge on any atom is -0.497 e. The molecule has 0 saturated heterocycles. The van der Waals surface area contributed by atoms with E-state index in [4.69, 9.17) is 13.9 Å². The van der Waals surface area contributed by atoms with Crippen LogP contribution in [0.25, 0.3) is 0 Å². The first-order valence-corrected chi connectivity index (χ1v) is 7.83. The summed E-state index contributed by atoms with van der Waals surface area (Å²) in [5, 5.41) is 2.91. The molecule has 0 aliphatic heterocycles. The van der Waals surface area contributed by atoms with E-state index in [0.717, 1.165) is 24.4 Å². The van der Waals surface area contributed by atoms with Crippen LogP contribution in [0.3, 0.4) is 0 Å². The molecule has 1 heterocycles. The second-order valence-corrected chi connectivity index (χ2v) is 5.16. The largest absolute Gasteiger partial charge is 0.497 e. The summed E-state index contributed by atoms with van der Waals surface area (Å²) in [7, 11) is 1.61. The maximum atomic E-state index is 12.2. The standard InChI is InChI=1S/C18H23NO4/c1-3-17(23-16-10-8-14(21-2)9-11-16)18(20)19-12-4-6-15-7-5-13-22-15/h5,7-11,13,17H,3-4,6,12H2,1-2H3,(H,19,20). The number of nitrogens with one attached hydrogen (secondary N) is 1. The average molecular weight is 317 g/mol. The number of ether oxygens (including phenoxy) is 2. The second-order valence-electron chi connectivity index (χ2n) is 5.16. The van der Waals surface area contributed by atoms with Gasteiger partial charge in [0.2, 0.25) is 0 Å². The number of aryl methyl sites for hydroxylation is 1. The van der Waals surface area contributed by atoms with Gasteiger partial charge in [-0.15, -0.1) is 0 Å². The van der Waals surface area contributed by atoms with Crippen molar-refractivity contribution in [1.82, 2.24) is 5.32 Å². The summed E-state index contributed by atoms with van der Waals surface area (Å²) in [6, 6.07) is 11.0. The normalized spacial score (nSPS) is 11.7. The quantitative estimate of drug-likeness (QED) is 0.722. The van der Waals surface area contributed by atoms with Crippen molar-refractivity contribution in [2.75, 3.05) is 13.7 Å². The van der Waals surface area contributed by atoms with Gasteiger partial charge in [0.25, 0.3) is 5.91 Å². The number of furan rings is 1. The number of amides is 1. The zero-order chi connectivity index (χ0) is 16.5. The van der Waals surface area contributed by atoms with Crippen molar-refractivity contribution in [2.45, 2.75) is 32.3 Å². The lowest BCUT2D eigenvalue weighted by Gasteiger charge is -2.17. The van der Waals surface area contributed by atoms with Crippen LogP contribution in [0, 0.1) is 0 Å². The summed E-state index contributed by atoms with van der Waals surface area (Å²) in [6.45, 7) is 2.53. The summed E-state index contributed by atoms with van der Waals surface area (Å²) < 4.78 is 16.1. The molecule has 1 unspecified atom stereocenters. The minimum absolute atomic E-state index is 0.0947. The van der Waals surface area contributed by atoms with Crippen LogP contribution in [-0.2, 0) is 11.2 Å². The summed E-state index contributed by atoms with van der Waals surface area (Å²) in [5.74, 6) is 2.25. The fourth-order valence-corrected chi connectivity index (χ4v) is 2.18. The van der Waals surface area contributed by atoms with E-state index in [2.05, 4.69) is 5.32 Å². The molecular formula is C18H23NO4. The van der Waals surface area contributed by atoms with Gasteiger partial charge in [-0.3, -0.25) is 4.79 Å². The second kappa shape index (κ2) is 8.88. The van der Waals surface area contributed by atoms with E-state index in [0.29, 0.717) is 18.7 Å². The Morgan fingerprint density at radius 2 is 1.96 bits per heavy atom. The van der Waals surface area contributed by atoms with E-state index >= 15 is 0 Å². The molecule has 0 saturated carbocycles. The fraction of sp³-hybridized carbons (Fsp3) is 0.389. The Morgan fingerprint density at radius 1 is 1.22 bits per heavy atom. The van der Waals surface area contributed by atoms with E-state index in [1.807, 2.05) is 31.2 Å². The van der Waals surface area contributed by atoms with Gasteiger partial charge >= 0.3 is 0 Å². The summed E-state index contributed by atoms with van der Waals surface area (Å²) in [5.41, 5.74) is 0. The van der Waals surface area contributed by atoms with Crippen LogP contribution >= 0.6 is 0 Å². The molecular weight excluding hydrogens is 294 g/mol. The Morgan fingerprint density at radius 3 is 2.57 bits per heavy atom. The third-order valence-electron chi connectivity index (χ3n) is 3.48. The third-order valence-corrected chi connectivity index (χ3v) is 3.48. The molecule has 2 rings (SSSR count). The first kappa shape index (κ1) is 16.9. The van der Waals surface area contributed by atoms with Crippen LogP contribution in [0.5, 0.6) is 11.5 Å². The van der Waals surface area contributed by atoms with Gasteiger partial charge in [-0.2, -0.15) is 0 Å². The van der Waals surface area contributed by atoms with E-state index in [-0.39, 0.29) is 5.91 Å². The summed E-state index contributed by atoms with van der Waals surface area (Å²) in [4.78, 5) is 12.2. The van der Waals surface area contributed by atoms with E-state index < -0.39 is 6.10 Å². The Labute approximate surface area is 136 Å². The fourth-order valence-electron chi connectivity index (χ4n) is 2.18. The summed E-state index contributed by atoms with van der Waals surface area (Å²) >= 11 is 0. The van der Waals surface area contributed by atoms with E-state index in [9.17, 15) is 4.79 Å². The highest BCUT2D eigenvalue weighted by atomic mass is 16.5. The van der Waals surface area contributed by atoms with Crippen molar-refractivity contribution in [3.63, 3.8) is 0 Å². The van der Waals surface area contributed by atoms with Crippen molar-refractivity contribution in [1.29, 1.82) is 0 Å². The number of carbonyl (C=O) groups is 1. The highest BCUT2D eigenvalue weighted by Gasteiger charge is 2.17. The molecule has 0 fully saturated rings. The molecule has 1 N–H and O–H groups in total.